The van der Waals surface area contributed by atoms with Crippen LogP contribution in [0.25, 0.3) is 0 Å². The van der Waals surface area contributed by atoms with Crippen molar-refractivity contribution in [2.75, 3.05) is 12.4 Å². The molecule has 7 heteroatoms. The van der Waals surface area contributed by atoms with Gasteiger partial charge in [-0.25, -0.2) is 5.10 Å². The molecule has 2 N–H and O–H groups in total. The molecule has 0 spiro atoms. The quantitative estimate of drug-likeness (QED) is 0.839. The van der Waals surface area contributed by atoms with Gasteiger partial charge in [0, 0.05) is 6.07 Å². The molecular weight excluding hydrogens is 286 g/mol. The first-order valence-corrected chi connectivity index (χ1v) is 6.69. The lowest BCUT2D eigenvalue weighted by Gasteiger charge is -2.13. The van der Waals surface area contributed by atoms with Crippen LogP contribution in [0.2, 0.25) is 0 Å². The first kappa shape index (κ1) is 15.7. The zero-order valence-corrected chi connectivity index (χ0v) is 12.3. The van der Waals surface area contributed by atoms with Crippen LogP contribution in [-0.2, 0) is 16.1 Å². The van der Waals surface area contributed by atoms with E-state index in [9.17, 15) is 9.59 Å². The summed E-state index contributed by atoms with van der Waals surface area (Å²) in [5.74, 6) is 0.652. The van der Waals surface area contributed by atoms with Crippen molar-refractivity contribution < 1.29 is 14.3 Å². The number of nitrogens with zero attached hydrogens (tertiary/aromatic N) is 1. The maximum Gasteiger partial charge on any atom is 0.264 e. The molecule has 0 aliphatic carbocycles. The molecule has 22 heavy (non-hydrogen) atoms. The summed E-state index contributed by atoms with van der Waals surface area (Å²) in [5, 5.41) is 8.50. The van der Waals surface area contributed by atoms with Crippen LogP contribution in [0.1, 0.15) is 12.5 Å². The Labute approximate surface area is 127 Å². The van der Waals surface area contributed by atoms with E-state index in [2.05, 4.69) is 15.5 Å². The second-order valence-corrected chi connectivity index (χ2v) is 4.60. The van der Waals surface area contributed by atoms with E-state index >= 15 is 0 Å². The fraction of sp³-hybridized carbons (Fsp3) is 0.267. The molecule has 116 valence electrons. The van der Waals surface area contributed by atoms with Gasteiger partial charge >= 0.3 is 0 Å². The van der Waals surface area contributed by atoms with Gasteiger partial charge in [-0.2, -0.15) is 5.10 Å². The van der Waals surface area contributed by atoms with Crippen molar-refractivity contribution in [2.45, 2.75) is 19.6 Å². The highest BCUT2D eigenvalue weighted by molar-refractivity contribution is 5.92. The summed E-state index contributed by atoms with van der Waals surface area (Å²) in [5.41, 5.74) is 0.571. The smallest absolute Gasteiger partial charge is 0.264 e. The Hall–Kier alpha value is -2.67. The van der Waals surface area contributed by atoms with Gasteiger partial charge < -0.3 is 14.8 Å². The minimum atomic E-state index is -0.667. The van der Waals surface area contributed by atoms with E-state index in [1.165, 1.54) is 12.1 Å². The normalized spacial score (nSPS) is 11.7. The van der Waals surface area contributed by atoms with Crippen LogP contribution >= 0.6 is 0 Å². The average Bonchev–Trinajstić information content (AvgIpc) is 2.54. The molecule has 0 saturated carbocycles. The monoisotopic (exact) mass is 303 g/mol. The highest BCUT2D eigenvalue weighted by atomic mass is 16.5. The zero-order chi connectivity index (χ0) is 15.9. The molecule has 1 aromatic heterocycles. The van der Waals surface area contributed by atoms with Gasteiger partial charge in [0.05, 0.1) is 13.7 Å². The van der Waals surface area contributed by atoms with Crippen molar-refractivity contribution in [3.63, 3.8) is 0 Å². The molecule has 0 bridgehead atoms. The molecule has 0 radical (unpaired) electrons. The number of H-pyrrole nitrogens is 1. The van der Waals surface area contributed by atoms with Crippen molar-refractivity contribution in [3.8, 4) is 5.75 Å². The molecule has 2 aromatic rings. The first-order valence-electron chi connectivity index (χ1n) is 6.69. The third-order valence-corrected chi connectivity index (χ3v) is 2.93. The van der Waals surface area contributed by atoms with Gasteiger partial charge in [-0.3, -0.25) is 9.59 Å². The van der Waals surface area contributed by atoms with Crippen LogP contribution in [-0.4, -0.2) is 29.3 Å². The number of nitrogens with one attached hydrogen (secondary N) is 2. The van der Waals surface area contributed by atoms with Crippen LogP contribution in [0.5, 0.6) is 5.75 Å². The summed E-state index contributed by atoms with van der Waals surface area (Å²) in [7, 11) is 1.59. The van der Waals surface area contributed by atoms with Gasteiger partial charge in [0.2, 0.25) is 0 Å². The minimum Gasteiger partial charge on any atom is -0.497 e. The van der Waals surface area contributed by atoms with E-state index in [1.54, 1.807) is 14.0 Å². The molecule has 1 atom stereocenters. The van der Waals surface area contributed by atoms with Crippen LogP contribution in [0.15, 0.2) is 41.2 Å². The molecule has 7 nitrogen and oxygen atoms in total. The van der Waals surface area contributed by atoms with Gasteiger partial charge in [-0.1, -0.05) is 12.1 Å². The van der Waals surface area contributed by atoms with E-state index in [1.807, 2.05) is 24.3 Å². The number of carbonyl (C=O) groups is 1. The lowest BCUT2D eigenvalue weighted by molar-refractivity contribution is -0.127. The summed E-state index contributed by atoms with van der Waals surface area (Å²) in [6, 6.07) is 10.1. The summed E-state index contributed by atoms with van der Waals surface area (Å²) in [4.78, 5) is 22.8. The fourth-order valence-corrected chi connectivity index (χ4v) is 1.70. The number of aromatic amines is 1. The van der Waals surface area contributed by atoms with Crippen LogP contribution in [0, 0.1) is 0 Å². The van der Waals surface area contributed by atoms with Crippen LogP contribution < -0.4 is 15.6 Å². The summed E-state index contributed by atoms with van der Waals surface area (Å²) >= 11 is 0. The average molecular weight is 303 g/mol. The number of hydrogen-bond donors (Lipinski definition) is 2. The van der Waals surface area contributed by atoms with Crippen molar-refractivity contribution in [2.24, 2.45) is 0 Å². The molecule has 1 amide bonds. The predicted molar refractivity (Wildman–Crippen MR) is 80.7 cm³/mol. The third-order valence-electron chi connectivity index (χ3n) is 2.93. The molecule has 0 unspecified atom stereocenters. The highest BCUT2D eigenvalue weighted by Crippen LogP contribution is 2.14. The number of rotatable bonds is 6. The largest absolute Gasteiger partial charge is 0.497 e. The standard InChI is InChI=1S/C15H17N3O4/c1-10(15(20)16-13-6-7-14(19)18-17-13)22-9-11-4-3-5-12(8-11)21-2/h3-8,10H,9H2,1-2H3,(H,18,19)(H,16,17,20)/t10-/m1/s1. The predicted octanol–water partition coefficient (Wildman–Crippen LogP) is 1.32. The number of benzene rings is 1. The third kappa shape index (κ3) is 4.42. The second kappa shape index (κ2) is 7.37. The zero-order valence-electron chi connectivity index (χ0n) is 12.3. The molecule has 0 saturated heterocycles. The number of carbonyl (C=O) groups excluding carboxylic acids is 1. The van der Waals surface area contributed by atoms with Crippen molar-refractivity contribution in [3.05, 3.63) is 52.3 Å². The number of methoxy groups -OCH3 is 1. The highest BCUT2D eigenvalue weighted by Gasteiger charge is 2.14. The molecular formula is C15H17N3O4. The van der Waals surface area contributed by atoms with E-state index in [4.69, 9.17) is 9.47 Å². The Balaban J connectivity index is 1.88. The van der Waals surface area contributed by atoms with E-state index in [0.29, 0.717) is 0 Å². The molecule has 2 rings (SSSR count). The Morgan fingerprint density at radius 3 is 2.86 bits per heavy atom. The van der Waals surface area contributed by atoms with Crippen molar-refractivity contribution in [1.82, 2.24) is 10.2 Å². The number of amides is 1. The van der Waals surface area contributed by atoms with Crippen LogP contribution in [0.3, 0.4) is 0 Å². The maximum atomic E-state index is 11.9. The minimum absolute atomic E-state index is 0.265. The van der Waals surface area contributed by atoms with Crippen molar-refractivity contribution in [1.29, 1.82) is 0 Å². The lowest BCUT2D eigenvalue weighted by Crippen LogP contribution is -2.28. The summed E-state index contributed by atoms with van der Waals surface area (Å²) in [6.07, 6.45) is -0.667. The topological polar surface area (TPSA) is 93.3 Å². The van der Waals surface area contributed by atoms with Crippen molar-refractivity contribution >= 4 is 11.7 Å². The Kier molecular flexibility index (Phi) is 5.26. The Bertz CT molecular complexity index is 679. The number of ether oxygens (including phenoxy) is 2. The molecule has 0 fully saturated rings. The summed E-state index contributed by atoms with van der Waals surface area (Å²) < 4.78 is 10.6. The SMILES string of the molecule is COc1cccc(CO[C@H](C)C(=O)Nc2ccc(=O)[nH]n2)c1. The lowest BCUT2D eigenvalue weighted by atomic mass is 10.2. The molecule has 1 aromatic carbocycles. The van der Waals surface area contributed by atoms with Gasteiger partial charge in [0.1, 0.15) is 11.9 Å². The summed E-state index contributed by atoms with van der Waals surface area (Å²) in [6.45, 7) is 1.92. The second-order valence-electron chi connectivity index (χ2n) is 4.60. The van der Waals surface area contributed by atoms with E-state index < -0.39 is 6.10 Å². The van der Waals surface area contributed by atoms with Gasteiger partial charge in [-0.15, -0.1) is 0 Å². The maximum absolute atomic E-state index is 11.9. The van der Waals surface area contributed by atoms with Gasteiger partial charge in [0.25, 0.3) is 11.5 Å². The first-order chi connectivity index (χ1) is 10.6. The molecule has 0 aliphatic heterocycles. The molecule has 0 aliphatic rings. The van der Waals surface area contributed by atoms with Gasteiger partial charge in [-0.05, 0) is 30.7 Å². The Morgan fingerprint density at radius 1 is 1.36 bits per heavy atom. The van der Waals surface area contributed by atoms with E-state index in [-0.39, 0.29) is 23.9 Å². The van der Waals surface area contributed by atoms with E-state index in [0.717, 1.165) is 11.3 Å². The fourth-order valence-electron chi connectivity index (χ4n) is 1.70. The Morgan fingerprint density at radius 2 is 2.18 bits per heavy atom. The number of aromatic nitrogens is 2. The number of anilines is 1. The number of hydrogen-bond acceptors (Lipinski definition) is 5. The van der Waals surface area contributed by atoms with Crippen LogP contribution in [0.4, 0.5) is 5.82 Å². The molecule has 1 heterocycles. The van der Waals surface area contributed by atoms with Gasteiger partial charge in [0.15, 0.2) is 5.82 Å².